The zero-order valence-corrected chi connectivity index (χ0v) is 10.8. The molecule has 0 bridgehead atoms. The molecule has 0 unspecified atom stereocenters. The molecule has 0 aromatic rings. The average molecular weight is 209 g/mol. The second kappa shape index (κ2) is 3.66. The van der Waals surface area contributed by atoms with Crippen molar-refractivity contribution in [1.82, 2.24) is 4.90 Å². The minimum atomic E-state index is 0.0450. The van der Waals surface area contributed by atoms with Crippen LogP contribution in [-0.2, 0) is 4.79 Å². The second-order valence-electron chi connectivity index (χ2n) is 6.32. The van der Waals surface area contributed by atoms with Crippen LogP contribution < -0.4 is 0 Å². The molecule has 2 heteroatoms. The molecule has 1 rings (SSSR count). The molecule has 1 aliphatic rings. The van der Waals surface area contributed by atoms with Crippen LogP contribution in [0.3, 0.4) is 0 Å². The Morgan fingerprint density at radius 3 is 2.07 bits per heavy atom. The molecular weight excluding hydrogens is 186 g/mol. The fourth-order valence-corrected chi connectivity index (χ4v) is 1.96. The van der Waals surface area contributed by atoms with Crippen molar-refractivity contribution in [1.29, 1.82) is 0 Å². The minimum Gasteiger partial charge on any atom is -0.369 e. The van der Waals surface area contributed by atoms with Crippen molar-refractivity contribution >= 4 is 5.78 Å². The van der Waals surface area contributed by atoms with Crippen molar-refractivity contribution < 1.29 is 4.79 Å². The normalized spacial score (nSPS) is 19.2. The lowest BCUT2D eigenvalue weighted by atomic mass is 9.85. The molecule has 15 heavy (non-hydrogen) atoms. The third-order valence-corrected chi connectivity index (χ3v) is 2.75. The summed E-state index contributed by atoms with van der Waals surface area (Å²) in [5.41, 5.74) is 1.31. The van der Waals surface area contributed by atoms with E-state index in [9.17, 15) is 4.79 Å². The Labute approximate surface area is 93.3 Å². The lowest BCUT2D eigenvalue weighted by Gasteiger charge is -2.45. The van der Waals surface area contributed by atoms with Crippen LogP contribution in [-0.4, -0.2) is 22.8 Å². The summed E-state index contributed by atoms with van der Waals surface area (Å²) in [6, 6.07) is 0. The summed E-state index contributed by atoms with van der Waals surface area (Å²) < 4.78 is 0. The molecule has 0 saturated carbocycles. The highest BCUT2D eigenvalue weighted by Crippen LogP contribution is 2.35. The first-order chi connectivity index (χ1) is 6.62. The van der Waals surface area contributed by atoms with Gasteiger partial charge in [0.15, 0.2) is 5.78 Å². The summed E-state index contributed by atoms with van der Waals surface area (Å²) in [4.78, 5) is 13.8. The summed E-state index contributed by atoms with van der Waals surface area (Å²) in [5.74, 6) is 0.264. The third kappa shape index (κ3) is 2.83. The SMILES string of the molecule is CC(C)(C)C1=CC(=O)CCN1C(C)(C)C. The first-order valence-electron chi connectivity index (χ1n) is 5.65. The molecule has 0 atom stereocenters. The smallest absolute Gasteiger partial charge is 0.159 e. The summed E-state index contributed by atoms with van der Waals surface area (Å²) >= 11 is 0. The van der Waals surface area contributed by atoms with Gasteiger partial charge >= 0.3 is 0 Å². The number of rotatable bonds is 0. The predicted molar refractivity (Wildman–Crippen MR) is 63.6 cm³/mol. The number of nitrogens with zero attached hydrogens (tertiary/aromatic N) is 1. The average Bonchev–Trinajstić information content (AvgIpc) is 2.00. The topological polar surface area (TPSA) is 20.3 Å². The summed E-state index contributed by atoms with van der Waals surface area (Å²) in [6.45, 7) is 13.9. The third-order valence-electron chi connectivity index (χ3n) is 2.75. The molecule has 2 nitrogen and oxygen atoms in total. The van der Waals surface area contributed by atoms with Crippen LogP contribution in [0.15, 0.2) is 11.8 Å². The summed E-state index contributed by atoms with van der Waals surface area (Å²) in [7, 11) is 0. The number of hydrogen-bond acceptors (Lipinski definition) is 2. The van der Waals surface area contributed by atoms with Gasteiger partial charge in [-0.2, -0.15) is 0 Å². The fourth-order valence-electron chi connectivity index (χ4n) is 1.96. The first kappa shape index (κ1) is 12.3. The Kier molecular flexibility index (Phi) is 2.99. The van der Waals surface area contributed by atoms with E-state index in [1.165, 1.54) is 5.70 Å². The molecule has 1 heterocycles. The van der Waals surface area contributed by atoms with Crippen LogP contribution in [0.25, 0.3) is 0 Å². The van der Waals surface area contributed by atoms with Crippen LogP contribution in [0.5, 0.6) is 0 Å². The van der Waals surface area contributed by atoms with Gasteiger partial charge in [-0.25, -0.2) is 0 Å². The van der Waals surface area contributed by atoms with Crippen molar-refractivity contribution in [3.8, 4) is 0 Å². The maximum Gasteiger partial charge on any atom is 0.159 e. The van der Waals surface area contributed by atoms with Crippen LogP contribution in [0.1, 0.15) is 48.0 Å². The Balaban J connectivity index is 3.09. The van der Waals surface area contributed by atoms with Gasteiger partial charge in [-0.1, -0.05) is 20.8 Å². The number of carbonyl (C=O) groups excluding carboxylic acids is 1. The van der Waals surface area contributed by atoms with E-state index >= 15 is 0 Å². The number of allylic oxidation sites excluding steroid dienone is 2. The molecule has 1 aliphatic heterocycles. The van der Waals surface area contributed by atoms with Crippen molar-refractivity contribution in [3.05, 3.63) is 11.8 Å². The van der Waals surface area contributed by atoms with E-state index in [0.29, 0.717) is 6.42 Å². The van der Waals surface area contributed by atoms with Crippen molar-refractivity contribution in [2.45, 2.75) is 53.5 Å². The van der Waals surface area contributed by atoms with E-state index < -0.39 is 0 Å². The maximum absolute atomic E-state index is 11.5. The lowest BCUT2D eigenvalue weighted by molar-refractivity contribution is -0.116. The molecule has 0 fully saturated rings. The fraction of sp³-hybridized carbons (Fsp3) is 0.769. The first-order valence-corrected chi connectivity index (χ1v) is 5.65. The predicted octanol–water partition coefficient (Wildman–Crippen LogP) is 2.99. The van der Waals surface area contributed by atoms with Gasteiger partial charge < -0.3 is 4.90 Å². The van der Waals surface area contributed by atoms with E-state index in [0.717, 1.165) is 6.54 Å². The van der Waals surface area contributed by atoms with Crippen molar-refractivity contribution in [2.24, 2.45) is 5.41 Å². The second-order valence-corrected chi connectivity index (χ2v) is 6.32. The van der Waals surface area contributed by atoms with Gasteiger partial charge in [0, 0.05) is 35.7 Å². The highest BCUT2D eigenvalue weighted by Gasteiger charge is 2.33. The monoisotopic (exact) mass is 209 g/mol. The van der Waals surface area contributed by atoms with Crippen LogP contribution in [0.2, 0.25) is 0 Å². The van der Waals surface area contributed by atoms with Gasteiger partial charge in [0.05, 0.1) is 0 Å². The number of ketones is 1. The van der Waals surface area contributed by atoms with Gasteiger partial charge in [-0.15, -0.1) is 0 Å². The molecule has 0 radical (unpaired) electrons. The van der Waals surface area contributed by atoms with E-state index in [1.54, 1.807) is 0 Å². The molecule has 0 aromatic carbocycles. The molecule has 0 aromatic heterocycles. The number of hydrogen-bond donors (Lipinski definition) is 0. The molecular formula is C13H23NO. The molecule has 0 aliphatic carbocycles. The van der Waals surface area contributed by atoms with E-state index in [4.69, 9.17) is 0 Å². The van der Waals surface area contributed by atoms with Gasteiger partial charge in [-0.05, 0) is 20.8 Å². The number of carbonyl (C=O) groups is 1. The molecule has 0 spiro atoms. The highest BCUT2D eigenvalue weighted by atomic mass is 16.1. The zero-order chi connectivity index (χ0) is 11.9. The molecule has 0 amide bonds. The quantitative estimate of drug-likeness (QED) is 0.611. The van der Waals surface area contributed by atoms with Gasteiger partial charge in [0.25, 0.3) is 0 Å². The van der Waals surface area contributed by atoms with Crippen molar-refractivity contribution in [3.63, 3.8) is 0 Å². The Morgan fingerprint density at radius 2 is 1.67 bits per heavy atom. The Morgan fingerprint density at radius 1 is 1.13 bits per heavy atom. The largest absolute Gasteiger partial charge is 0.369 e. The van der Waals surface area contributed by atoms with Crippen LogP contribution in [0, 0.1) is 5.41 Å². The van der Waals surface area contributed by atoms with E-state index in [1.807, 2.05) is 6.08 Å². The van der Waals surface area contributed by atoms with Gasteiger partial charge in [-0.3, -0.25) is 4.79 Å². The van der Waals surface area contributed by atoms with Crippen LogP contribution in [0.4, 0.5) is 0 Å². The van der Waals surface area contributed by atoms with E-state index in [2.05, 4.69) is 46.4 Å². The molecule has 86 valence electrons. The summed E-state index contributed by atoms with van der Waals surface area (Å²) in [5, 5.41) is 0. The molecule has 0 saturated heterocycles. The Hall–Kier alpha value is -0.790. The zero-order valence-electron chi connectivity index (χ0n) is 10.8. The van der Waals surface area contributed by atoms with Crippen LogP contribution >= 0.6 is 0 Å². The molecule has 0 N–H and O–H groups in total. The van der Waals surface area contributed by atoms with Gasteiger partial charge in [0.1, 0.15) is 0 Å². The van der Waals surface area contributed by atoms with Crippen molar-refractivity contribution in [2.75, 3.05) is 6.54 Å². The minimum absolute atomic E-state index is 0.0450. The lowest BCUT2D eigenvalue weighted by Crippen LogP contribution is -2.47. The summed E-state index contributed by atoms with van der Waals surface area (Å²) in [6.07, 6.45) is 2.48. The van der Waals surface area contributed by atoms with Gasteiger partial charge in [0.2, 0.25) is 0 Å². The highest BCUT2D eigenvalue weighted by molar-refractivity contribution is 5.91. The standard InChI is InChI=1S/C13H23NO/c1-12(2,3)11-9-10(15)7-8-14(11)13(4,5)6/h9H,7-8H2,1-6H3. The Bertz CT molecular complexity index is 289. The van der Waals surface area contributed by atoms with E-state index in [-0.39, 0.29) is 16.7 Å². The maximum atomic E-state index is 11.5.